The maximum absolute atomic E-state index is 13.2. The predicted octanol–water partition coefficient (Wildman–Crippen LogP) is 6.07. The van der Waals surface area contributed by atoms with Crippen LogP contribution < -0.4 is 10.0 Å². The molecule has 0 fully saturated rings. The maximum atomic E-state index is 13.2. The van der Waals surface area contributed by atoms with Gasteiger partial charge in [0, 0.05) is 5.02 Å². The lowest BCUT2D eigenvalue weighted by Crippen LogP contribution is -2.17. The second kappa shape index (κ2) is 8.78. The van der Waals surface area contributed by atoms with Crippen molar-refractivity contribution in [1.29, 1.82) is 0 Å². The van der Waals surface area contributed by atoms with Crippen LogP contribution in [0.25, 0.3) is 0 Å². The second-order valence-electron chi connectivity index (χ2n) is 6.25. The number of carbonyl (C=O) groups excluding carboxylic acids is 1. The van der Waals surface area contributed by atoms with E-state index in [0.717, 1.165) is 6.07 Å². The summed E-state index contributed by atoms with van der Waals surface area (Å²) in [6.07, 6.45) is -4.74. The first kappa shape index (κ1) is 22.9. The highest BCUT2D eigenvalue weighted by atomic mass is 35.5. The monoisotopic (exact) mass is 488 g/mol. The number of anilines is 2. The Balaban J connectivity index is 1.83. The highest BCUT2D eigenvalue weighted by molar-refractivity contribution is 7.92. The van der Waals surface area contributed by atoms with Gasteiger partial charge in [-0.1, -0.05) is 41.4 Å². The van der Waals surface area contributed by atoms with Crippen LogP contribution in [0.2, 0.25) is 10.0 Å². The van der Waals surface area contributed by atoms with E-state index in [1.165, 1.54) is 36.4 Å². The first-order chi connectivity index (χ1) is 14.5. The molecular weight excluding hydrogens is 476 g/mol. The van der Waals surface area contributed by atoms with Gasteiger partial charge < -0.3 is 5.32 Å². The van der Waals surface area contributed by atoms with Crippen molar-refractivity contribution in [1.82, 2.24) is 0 Å². The Morgan fingerprint density at radius 2 is 1.58 bits per heavy atom. The number of nitrogens with one attached hydrogen (secondary N) is 2. The normalized spacial score (nSPS) is 11.8. The molecule has 0 heterocycles. The fourth-order valence-corrected chi connectivity index (χ4v) is 4.14. The molecule has 0 unspecified atom stereocenters. The van der Waals surface area contributed by atoms with Crippen molar-refractivity contribution in [3.63, 3.8) is 0 Å². The van der Waals surface area contributed by atoms with E-state index in [-0.39, 0.29) is 26.2 Å². The van der Waals surface area contributed by atoms with Crippen molar-refractivity contribution in [2.45, 2.75) is 11.1 Å². The lowest BCUT2D eigenvalue weighted by Gasteiger charge is -2.15. The SMILES string of the molecule is O=C(Nc1ccc(Cl)cc1C(F)(F)F)c1ccc(NS(=O)(=O)c2ccccc2)cc1Cl. The molecule has 31 heavy (non-hydrogen) atoms. The van der Waals surface area contributed by atoms with Crippen LogP contribution in [0.3, 0.4) is 0 Å². The van der Waals surface area contributed by atoms with Crippen LogP contribution in [-0.2, 0) is 16.2 Å². The van der Waals surface area contributed by atoms with Crippen molar-refractivity contribution in [2.75, 3.05) is 10.0 Å². The summed E-state index contributed by atoms with van der Waals surface area (Å²) in [5.74, 6) is -0.907. The van der Waals surface area contributed by atoms with Crippen molar-refractivity contribution in [3.8, 4) is 0 Å². The number of benzene rings is 3. The summed E-state index contributed by atoms with van der Waals surface area (Å²) in [5.41, 5.74) is -1.68. The van der Waals surface area contributed by atoms with E-state index < -0.39 is 33.4 Å². The van der Waals surface area contributed by atoms with Gasteiger partial charge in [-0.2, -0.15) is 13.2 Å². The number of rotatable bonds is 5. The average Bonchev–Trinajstić information content (AvgIpc) is 2.69. The van der Waals surface area contributed by atoms with E-state index >= 15 is 0 Å². The summed E-state index contributed by atoms with van der Waals surface area (Å²) in [7, 11) is -3.88. The van der Waals surface area contributed by atoms with Crippen molar-refractivity contribution in [3.05, 3.63) is 87.9 Å². The van der Waals surface area contributed by atoms with E-state index in [4.69, 9.17) is 23.2 Å². The molecule has 11 heteroatoms. The average molecular weight is 489 g/mol. The summed E-state index contributed by atoms with van der Waals surface area (Å²) < 4.78 is 66.7. The molecule has 0 saturated heterocycles. The van der Waals surface area contributed by atoms with E-state index in [1.807, 2.05) is 0 Å². The standard InChI is InChI=1S/C20H13Cl2F3N2O3S/c21-12-6-9-18(16(10-12)20(23,24)25)26-19(28)15-8-7-13(11-17(15)22)27-31(29,30)14-4-2-1-3-5-14/h1-11,27H,(H,26,28). The number of alkyl halides is 3. The zero-order valence-electron chi connectivity index (χ0n) is 15.4. The third-order valence-corrected chi connectivity index (χ3v) is 6.00. The van der Waals surface area contributed by atoms with Crippen LogP contribution in [0.1, 0.15) is 15.9 Å². The number of hydrogen-bond donors (Lipinski definition) is 2. The minimum absolute atomic E-state index is 0.0235. The molecule has 0 spiro atoms. The Kier molecular flexibility index (Phi) is 6.49. The van der Waals surface area contributed by atoms with Gasteiger partial charge in [-0.15, -0.1) is 0 Å². The van der Waals surface area contributed by atoms with Gasteiger partial charge in [0.2, 0.25) is 0 Å². The minimum Gasteiger partial charge on any atom is -0.321 e. The molecule has 2 N–H and O–H groups in total. The van der Waals surface area contributed by atoms with Gasteiger partial charge >= 0.3 is 6.18 Å². The van der Waals surface area contributed by atoms with Gasteiger partial charge in [-0.25, -0.2) is 8.42 Å². The number of halogens is 5. The fraction of sp³-hybridized carbons (Fsp3) is 0.0500. The van der Waals surface area contributed by atoms with E-state index in [9.17, 15) is 26.4 Å². The lowest BCUT2D eigenvalue weighted by atomic mass is 10.1. The van der Waals surface area contributed by atoms with E-state index in [0.29, 0.717) is 6.07 Å². The molecule has 0 radical (unpaired) electrons. The van der Waals surface area contributed by atoms with Crippen molar-refractivity contribution in [2.24, 2.45) is 0 Å². The van der Waals surface area contributed by atoms with Crippen LogP contribution >= 0.6 is 23.2 Å². The van der Waals surface area contributed by atoms with Gasteiger partial charge in [0.05, 0.1) is 32.4 Å². The molecule has 0 bridgehead atoms. The van der Waals surface area contributed by atoms with Gasteiger partial charge in [-0.05, 0) is 48.5 Å². The quantitative estimate of drug-likeness (QED) is 0.457. The van der Waals surface area contributed by atoms with Crippen molar-refractivity contribution >= 4 is 50.5 Å². The fourth-order valence-electron chi connectivity index (χ4n) is 2.63. The number of hydrogen-bond acceptors (Lipinski definition) is 3. The predicted molar refractivity (Wildman–Crippen MR) is 113 cm³/mol. The Bertz CT molecular complexity index is 1230. The highest BCUT2D eigenvalue weighted by Crippen LogP contribution is 2.37. The van der Waals surface area contributed by atoms with Crippen LogP contribution in [0.4, 0.5) is 24.5 Å². The Labute approximate surface area is 185 Å². The highest BCUT2D eigenvalue weighted by Gasteiger charge is 2.34. The summed E-state index contributed by atoms with van der Waals surface area (Å²) in [6.45, 7) is 0. The van der Waals surface area contributed by atoms with Crippen LogP contribution in [-0.4, -0.2) is 14.3 Å². The number of carbonyl (C=O) groups is 1. The zero-order chi connectivity index (χ0) is 22.8. The first-order valence-corrected chi connectivity index (χ1v) is 10.8. The summed E-state index contributed by atoms with van der Waals surface area (Å²) >= 11 is 11.7. The number of sulfonamides is 1. The molecule has 0 aromatic heterocycles. The molecule has 1 amide bonds. The van der Waals surface area contributed by atoms with Gasteiger partial charge in [0.15, 0.2) is 0 Å². The molecular formula is C20H13Cl2F3N2O3S. The summed E-state index contributed by atoms with van der Waals surface area (Å²) in [6, 6.07) is 14.2. The van der Waals surface area contributed by atoms with E-state index in [1.54, 1.807) is 18.2 Å². The molecule has 3 aromatic rings. The second-order valence-corrected chi connectivity index (χ2v) is 8.78. The Hall–Kier alpha value is -2.75. The molecule has 3 aromatic carbocycles. The van der Waals surface area contributed by atoms with Gasteiger partial charge in [0.25, 0.3) is 15.9 Å². The third-order valence-electron chi connectivity index (χ3n) is 4.05. The molecule has 3 rings (SSSR count). The minimum atomic E-state index is -4.74. The smallest absolute Gasteiger partial charge is 0.321 e. The summed E-state index contributed by atoms with van der Waals surface area (Å²) in [5, 5.41) is 1.85. The maximum Gasteiger partial charge on any atom is 0.418 e. The van der Waals surface area contributed by atoms with Crippen LogP contribution in [0.5, 0.6) is 0 Å². The Morgan fingerprint density at radius 3 is 2.19 bits per heavy atom. The zero-order valence-corrected chi connectivity index (χ0v) is 17.7. The Morgan fingerprint density at radius 1 is 0.903 bits per heavy atom. The molecule has 0 aliphatic heterocycles. The van der Waals surface area contributed by atoms with Crippen LogP contribution in [0, 0.1) is 0 Å². The molecule has 0 atom stereocenters. The van der Waals surface area contributed by atoms with Crippen molar-refractivity contribution < 1.29 is 26.4 Å². The molecule has 0 aliphatic carbocycles. The number of amides is 1. The van der Waals surface area contributed by atoms with E-state index in [2.05, 4.69) is 10.0 Å². The lowest BCUT2D eigenvalue weighted by molar-refractivity contribution is -0.136. The third kappa shape index (κ3) is 5.49. The largest absolute Gasteiger partial charge is 0.418 e. The van der Waals surface area contributed by atoms with Gasteiger partial charge in [-0.3, -0.25) is 9.52 Å². The van der Waals surface area contributed by atoms with Crippen LogP contribution in [0.15, 0.2) is 71.6 Å². The molecule has 0 aliphatic rings. The molecule has 162 valence electrons. The molecule has 0 saturated carbocycles. The first-order valence-electron chi connectivity index (χ1n) is 8.53. The summed E-state index contributed by atoms with van der Waals surface area (Å²) in [4.78, 5) is 12.5. The molecule has 5 nitrogen and oxygen atoms in total. The van der Waals surface area contributed by atoms with Gasteiger partial charge in [0.1, 0.15) is 0 Å². The topological polar surface area (TPSA) is 75.3 Å².